The summed E-state index contributed by atoms with van der Waals surface area (Å²) in [6.45, 7) is 0.379. The molecule has 2 aliphatic rings. The zero-order chi connectivity index (χ0) is 21.5. The van der Waals surface area contributed by atoms with Crippen LogP contribution in [-0.2, 0) is 16.1 Å². The highest BCUT2D eigenvalue weighted by molar-refractivity contribution is 9.10. The summed E-state index contributed by atoms with van der Waals surface area (Å²) in [5.41, 5.74) is 1.18. The first-order chi connectivity index (χ1) is 15.0. The molecule has 1 saturated heterocycles. The van der Waals surface area contributed by atoms with Crippen LogP contribution in [0.25, 0.3) is 5.76 Å². The van der Waals surface area contributed by atoms with E-state index in [0.717, 1.165) is 14.9 Å². The van der Waals surface area contributed by atoms with Gasteiger partial charge in [-0.15, -0.1) is 11.3 Å². The molecule has 0 radical (unpaired) electrons. The zero-order valence-corrected chi connectivity index (χ0v) is 18.5. The first-order valence-electron chi connectivity index (χ1n) is 9.49. The van der Waals surface area contributed by atoms with Crippen molar-refractivity contribution in [3.8, 4) is 11.5 Å². The Morgan fingerprint density at radius 1 is 1.10 bits per heavy atom. The van der Waals surface area contributed by atoms with Crippen LogP contribution in [0.4, 0.5) is 0 Å². The van der Waals surface area contributed by atoms with E-state index in [-0.39, 0.29) is 24.7 Å². The van der Waals surface area contributed by atoms with Crippen molar-refractivity contribution in [2.45, 2.75) is 12.6 Å². The molecule has 6 nitrogen and oxygen atoms in total. The van der Waals surface area contributed by atoms with Crippen molar-refractivity contribution >= 4 is 44.7 Å². The molecule has 1 amide bonds. The van der Waals surface area contributed by atoms with Gasteiger partial charge < -0.3 is 19.5 Å². The normalized spacial score (nSPS) is 19.3. The van der Waals surface area contributed by atoms with E-state index in [9.17, 15) is 14.7 Å². The van der Waals surface area contributed by atoms with Gasteiger partial charge in [-0.05, 0) is 47.3 Å². The van der Waals surface area contributed by atoms with Crippen molar-refractivity contribution in [1.29, 1.82) is 0 Å². The van der Waals surface area contributed by atoms with E-state index in [2.05, 4.69) is 15.9 Å². The molecular weight excluding hydrogens is 482 g/mol. The SMILES string of the molecule is O=C1C(=O)N(Cc2cccs2)C(c2ccc(Br)cc2)/C1=C(\O)c1ccc2c(c1)OCO2. The minimum Gasteiger partial charge on any atom is -0.507 e. The van der Waals surface area contributed by atoms with Crippen molar-refractivity contribution in [2.24, 2.45) is 0 Å². The van der Waals surface area contributed by atoms with Crippen LogP contribution in [0.1, 0.15) is 22.0 Å². The number of amides is 1. The minimum absolute atomic E-state index is 0.0581. The van der Waals surface area contributed by atoms with Crippen molar-refractivity contribution < 1.29 is 24.2 Å². The highest BCUT2D eigenvalue weighted by Gasteiger charge is 2.46. The molecule has 0 aliphatic carbocycles. The first-order valence-corrected chi connectivity index (χ1v) is 11.2. The predicted molar refractivity (Wildman–Crippen MR) is 119 cm³/mol. The van der Waals surface area contributed by atoms with Crippen LogP contribution in [0, 0.1) is 0 Å². The van der Waals surface area contributed by atoms with Crippen LogP contribution >= 0.6 is 27.3 Å². The lowest BCUT2D eigenvalue weighted by atomic mass is 9.95. The molecule has 1 fully saturated rings. The van der Waals surface area contributed by atoms with Gasteiger partial charge in [0.05, 0.1) is 18.2 Å². The van der Waals surface area contributed by atoms with Gasteiger partial charge in [-0.2, -0.15) is 0 Å². The van der Waals surface area contributed by atoms with Crippen LogP contribution < -0.4 is 9.47 Å². The number of ether oxygens (including phenoxy) is 2. The van der Waals surface area contributed by atoms with Crippen LogP contribution in [0.15, 0.2) is 70.0 Å². The van der Waals surface area contributed by atoms with Gasteiger partial charge in [0.1, 0.15) is 5.76 Å². The molecule has 2 aliphatic heterocycles. The van der Waals surface area contributed by atoms with Crippen LogP contribution in [0.5, 0.6) is 11.5 Å². The summed E-state index contributed by atoms with van der Waals surface area (Å²) in [5.74, 6) is -0.530. The lowest BCUT2D eigenvalue weighted by Gasteiger charge is -2.25. The number of ketones is 1. The Balaban J connectivity index is 1.64. The number of halogens is 1. The Labute approximate surface area is 190 Å². The summed E-state index contributed by atoms with van der Waals surface area (Å²) in [7, 11) is 0. The Kier molecular flexibility index (Phi) is 5.03. The highest BCUT2D eigenvalue weighted by Crippen LogP contribution is 2.42. The fraction of sp³-hybridized carbons (Fsp3) is 0.130. The average Bonchev–Trinajstić information content (AvgIpc) is 3.51. The number of benzene rings is 2. The monoisotopic (exact) mass is 497 g/mol. The molecule has 31 heavy (non-hydrogen) atoms. The lowest BCUT2D eigenvalue weighted by molar-refractivity contribution is -0.140. The van der Waals surface area contributed by atoms with E-state index >= 15 is 0 Å². The maximum Gasteiger partial charge on any atom is 0.295 e. The maximum absolute atomic E-state index is 13.1. The molecule has 2 aromatic carbocycles. The fourth-order valence-corrected chi connectivity index (χ4v) is 4.77. The Bertz CT molecular complexity index is 1200. The van der Waals surface area contributed by atoms with Gasteiger partial charge in [0, 0.05) is 14.9 Å². The van der Waals surface area contributed by atoms with E-state index < -0.39 is 17.7 Å². The molecule has 1 aromatic heterocycles. The largest absolute Gasteiger partial charge is 0.507 e. The predicted octanol–water partition coefficient (Wildman–Crippen LogP) is 4.86. The molecule has 8 heteroatoms. The quantitative estimate of drug-likeness (QED) is 0.316. The molecule has 0 spiro atoms. The summed E-state index contributed by atoms with van der Waals surface area (Å²) in [6.07, 6.45) is 0. The first kappa shape index (κ1) is 19.8. The topological polar surface area (TPSA) is 76.1 Å². The number of fused-ring (bicyclic) bond motifs is 1. The second-order valence-electron chi connectivity index (χ2n) is 7.13. The maximum atomic E-state index is 13.1. The number of carbonyl (C=O) groups is 2. The standard InChI is InChI=1S/C23H16BrNO5S/c24-15-6-3-13(4-7-15)20-19(21(26)14-5-8-17-18(10-14)30-12-29-17)22(27)23(28)25(20)11-16-2-1-9-31-16/h1-10,20,26H,11-12H2/b21-19+. The van der Waals surface area contributed by atoms with E-state index in [4.69, 9.17) is 9.47 Å². The van der Waals surface area contributed by atoms with E-state index in [0.29, 0.717) is 17.1 Å². The smallest absolute Gasteiger partial charge is 0.295 e. The van der Waals surface area contributed by atoms with Crippen molar-refractivity contribution in [3.63, 3.8) is 0 Å². The van der Waals surface area contributed by atoms with Gasteiger partial charge >= 0.3 is 0 Å². The number of rotatable bonds is 4. The molecule has 1 N–H and O–H groups in total. The average molecular weight is 498 g/mol. The molecule has 3 aromatic rings. The molecular formula is C23H16BrNO5S. The number of hydrogen-bond acceptors (Lipinski definition) is 6. The number of carbonyl (C=O) groups excluding carboxylic acids is 2. The van der Waals surface area contributed by atoms with Crippen LogP contribution in [0.3, 0.4) is 0 Å². The molecule has 0 bridgehead atoms. The summed E-state index contributed by atoms with van der Waals surface area (Å²) in [5, 5.41) is 13.1. The van der Waals surface area contributed by atoms with Crippen molar-refractivity contribution in [2.75, 3.05) is 6.79 Å². The molecule has 3 heterocycles. The number of thiophene rings is 1. The number of aliphatic hydroxyl groups is 1. The van der Waals surface area contributed by atoms with Gasteiger partial charge in [-0.3, -0.25) is 9.59 Å². The third kappa shape index (κ3) is 3.51. The van der Waals surface area contributed by atoms with Crippen LogP contribution in [0.2, 0.25) is 0 Å². The summed E-state index contributed by atoms with van der Waals surface area (Å²) in [4.78, 5) is 28.5. The second kappa shape index (κ2) is 7.86. The number of nitrogens with zero attached hydrogens (tertiary/aromatic N) is 1. The van der Waals surface area contributed by atoms with E-state index in [1.165, 1.54) is 16.2 Å². The van der Waals surface area contributed by atoms with Gasteiger partial charge in [0.2, 0.25) is 6.79 Å². The third-order valence-electron chi connectivity index (χ3n) is 5.28. The van der Waals surface area contributed by atoms with Gasteiger partial charge in [-0.1, -0.05) is 34.1 Å². The number of hydrogen-bond donors (Lipinski definition) is 1. The molecule has 5 rings (SSSR count). The lowest BCUT2D eigenvalue weighted by Crippen LogP contribution is -2.28. The van der Waals surface area contributed by atoms with Gasteiger partial charge in [0.15, 0.2) is 11.5 Å². The van der Waals surface area contributed by atoms with Gasteiger partial charge in [0.25, 0.3) is 11.7 Å². The Morgan fingerprint density at radius 3 is 2.61 bits per heavy atom. The third-order valence-corrected chi connectivity index (χ3v) is 6.67. The fourth-order valence-electron chi connectivity index (χ4n) is 3.80. The number of aliphatic hydroxyl groups excluding tert-OH is 1. The van der Waals surface area contributed by atoms with Crippen LogP contribution in [-0.4, -0.2) is 28.5 Å². The highest BCUT2D eigenvalue weighted by atomic mass is 79.9. The minimum atomic E-state index is -0.709. The summed E-state index contributed by atoms with van der Waals surface area (Å²) < 4.78 is 11.6. The van der Waals surface area contributed by atoms with Crippen molar-refractivity contribution in [3.05, 3.63) is 86.0 Å². The number of Topliss-reactive ketones (excluding diaryl/α,β-unsaturated/α-hetero) is 1. The van der Waals surface area contributed by atoms with E-state index in [1.54, 1.807) is 18.2 Å². The second-order valence-corrected chi connectivity index (χ2v) is 9.07. The number of likely N-dealkylation sites (tertiary alicyclic amines) is 1. The summed E-state index contributed by atoms with van der Waals surface area (Å²) >= 11 is 4.93. The molecule has 1 atom stereocenters. The summed E-state index contributed by atoms with van der Waals surface area (Å²) in [6, 6.07) is 15.4. The Morgan fingerprint density at radius 2 is 1.87 bits per heavy atom. The Hall–Kier alpha value is -3.10. The zero-order valence-electron chi connectivity index (χ0n) is 16.1. The van der Waals surface area contributed by atoms with Crippen molar-refractivity contribution in [1.82, 2.24) is 4.90 Å². The van der Waals surface area contributed by atoms with E-state index in [1.807, 2.05) is 41.8 Å². The molecule has 0 saturated carbocycles. The molecule has 1 unspecified atom stereocenters. The molecule has 156 valence electrons. The van der Waals surface area contributed by atoms with Gasteiger partial charge in [-0.25, -0.2) is 0 Å².